The summed E-state index contributed by atoms with van der Waals surface area (Å²) in [6, 6.07) is 5.10. The lowest BCUT2D eigenvalue weighted by atomic mass is 10.1. The van der Waals surface area contributed by atoms with Crippen molar-refractivity contribution in [2.75, 3.05) is 26.0 Å². The number of hydrogen-bond acceptors (Lipinski definition) is 5. The zero-order valence-electron chi connectivity index (χ0n) is 12.3. The lowest BCUT2D eigenvalue weighted by Crippen LogP contribution is -2.44. The lowest BCUT2D eigenvalue weighted by Gasteiger charge is -2.30. The average molecular weight is 329 g/mol. The standard InChI is InChI=1S/C14H19NO4S2/c1-10-4-5-12(8-11(10)2)21(17,18)15-6-7-20-13(9-15)14(16)19-3/h4-5,8,13H,6-7,9H2,1-3H3/t13-/m0/s1. The number of esters is 1. The summed E-state index contributed by atoms with van der Waals surface area (Å²) in [4.78, 5) is 11.9. The first kappa shape index (κ1) is 16.3. The van der Waals surface area contributed by atoms with Crippen LogP contribution < -0.4 is 0 Å². The van der Waals surface area contributed by atoms with E-state index in [0.717, 1.165) is 11.1 Å². The van der Waals surface area contributed by atoms with E-state index in [4.69, 9.17) is 4.74 Å². The van der Waals surface area contributed by atoms with Crippen LogP contribution in [0.5, 0.6) is 0 Å². The Morgan fingerprint density at radius 2 is 2.05 bits per heavy atom. The Morgan fingerprint density at radius 3 is 2.67 bits per heavy atom. The Balaban J connectivity index is 2.26. The van der Waals surface area contributed by atoms with Gasteiger partial charge in [-0.25, -0.2) is 8.42 Å². The number of methoxy groups -OCH3 is 1. The molecule has 1 aromatic rings. The van der Waals surface area contributed by atoms with Gasteiger partial charge in [0.25, 0.3) is 0 Å². The molecule has 0 aromatic heterocycles. The van der Waals surface area contributed by atoms with Gasteiger partial charge < -0.3 is 4.74 Å². The Labute approximate surface area is 129 Å². The fourth-order valence-corrected chi connectivity index (χ4v) is 5.02. The van der Waals surface area contributed by atoms with Gasteiger partial charge in [0, 0.05) is 18.8 Å². The fourth-order valence-electron chi connectivity index (χ4n) is 2.14. The van der Waals surface area contributed by atoms with Crippen LogP contribution in [0.25, 0.3) is 0 Å². The van der Waals surface area contributed by atoms with Crippen LogP contribution >= 0.6 is 11.8 Å². The van der Waals surface area contributed by atoms with Crippen LogP contribution in [0.2, 0.25) is 0 Å². The minimum atomic E-state index is -3.56. The largest absolute Gasteiger partial charge is 0.468 e. The zero-order valence-corrected chi connectivity index (χ0v) is 14.0. The topological polar surface area (TPSA) is 63.7 Å². The van der Waals surface area contributed by atoms with Crippen molar-refractivity contribution < 1.29 is 17.9 Å². The maximum absolute atomic E-state index is 12.7. The average Bonchev–Trinajstić information content (AvgIpc) is 2.49. The molecule has 116 valence electrons. The molecule has 1 fully saturated rings. The number of benzene rings is 1. The monoisotopic (exact) mass is 329 g/mol. The molecule has 21 heavy (non-hydrogen) atoms. The van der Waals surface area contributed by atoms with Crippen molar-refractivity contribution in [1.82, 2.24) is 4.31 Å². The van der Waals surface area contributed by atoms with Crippen molar-refractivity contribution in [2.24, 2.45) is 0 Å². The van der Waals surface area contributed by atoms with Crippen molar-refractivity contribution in [3.63, 3.8) is 0 Å². The first-order valence-corrected chi connectivity index (χ1v) is 9.12. The summed E-state index contributed by atoms with van der Waals surface area (Å²) in [5, 5.41) is -0.454. The number of hydrogen-bond donors (Lipinski definition) is 0. The number of ether oxygens (including phenoxy) is 1. The fraction of sp³-hybridized carbons (Fsp3) is 0.500. The van der Waals surface area contributed by atoms with E-state index in [1.165, 1.54) is 23.2 Å². The maximum Gasteiger partial charge on any atom is 0.320 e. The van der Waals surface area contributed by atoms with Gasteiger partial charge in [0.1, 0.15) is 5.25 Å². The summed E-state index contributed by atoms with van der Waals surface area (Å²) in [6.45, 7) is 4.40. The van der Waals surface area contributed by atoms with Crippen LogP contribution in [0.4, 0.5) is 0 Å². The predicted molar refractivity (Wildman–Crippen MR) is 82.9 cm³/mol. The molecule has 1 heterocycles. The molecular formula is C14H19NO4S2. The van der Waals surface area contributed by atoms with Gasteiger partial charge in [0.15, 0.2) is 0 Å². The van der Waals surface area contributed by atoms with Crippen molar-refractivity contribution in [1.29, 1.82) is 0 Å². The van der Waals surface area contributed by atoms with E-state index >= 15 is 0 Å². The number of carbonyl (C=O) groups excluding carboxylic acids is 1. The number of nitrogens with zero attached hydrogens (tertiary/aromatic N) is 1. The quantitative estimate of drug-likeness (QED) is 0.788. The van der Waals surface area contributed by atoms with Crippen LogP contribution in [0.1, 0.15) is 11.1 Å². The normalized spacial score (nSPS) is 20.2. The predicted octanol–water partition coefficient (Wildman–Crippen LogP) is 1.58. The minimum absolute atomic E-state index is 0.159. The molecule has 0 radical (unpaired) electrons. The Bertz CT molecular complexity index is 642. The SMILES string of the molecule is COC(=O)[C@@H]1CN(S(=O)(=O)c2ccc(C)c(C)c2)CCS1. The van der Waals surface area contributed by atoms with E-state index in [1.54, 1.807) is 18.2 Å². The van der Waals surface area contributed by atoms with Gasteiger partial charge in [0.2, 0.25) is 10.0 Å². The molecule has 0 aliphatic carbocycles. The first-order chi connectivity index (χ1) is 9.86. The highest BCUT2D eigenvalue weighted by Gasteiger charge is 2.34. The number of rotatable bonds is 3. The van der Waals surface area contributed by atoms with E-state index in [0.29, 0.717) is 12.3 Å². The molecule has 1 atom stereocenters. The van der Waals surface area contributed by atoms with E-state index in [1.807, 2.05) is 13.8 Å². The van der Waals surface area contributed by atoms with Gasteiger partial charge in [-0.05, 0) is 37.1 Å². The van der Waals surface area contributed by atoms with Crippen molar-refractivity contribution in [3.8, 4) is 0 Å². The second-order valence-corrected chi connectivity index (χ2v) is 8.24. The Kier molecular flexibility index (Phi) is 4.95. The molecule has 0 spiro atoms. The van der Waals surface area contributed by atoms with Gasteiger partial charge >= 0.3 is 5.97 Å². The third-order valence-corrected chi connectivity index (χ3v) is 6.63. The molecule has 0 saturated carbocycles. The summed E-state index contributed by atoms with van der Waals surface area (Å²) in [5.41, 5.74) is 1.99. The van der Waals surface area contributed by atoms with E-state index in [9.17, 15) is 13.2 Å². The van der Waals surface area contributed by atoms with Crippen LogP contribution in [0.15, 0.2) is 23.1 Å². The minimum Gasteiger partial charge on any atom is -0.468 e. The summed E-state index contributed by atoms with van der Waals surface area (Å²) in [7, 11) is -2.24. The molecule has 0 N–H and O–H groups in total. The molecular weight excluding hydrogens is 310 g/mol. The van der Waals surface area contributed by atoms with E-state index < -0.39 is 15.3 Å². The third-order valence-electron chi connectivity index (χ3n) is 3.61. The van der Waals surface area contributed by atoms with Gasteiger partial charge in [-0.1, -0.05) is 6.07 Å². The Hall–Kier alpha value is -1.05. The number of thioether (sulfide) groups is 1. The molecule has 1 aliphatic heterocycles. The van der Waals surface area contributed by atoms with Crippen molar-refractivity contribution in [2.45, 2.75) is 24.0 Å². The first-order valence-electron chi connectivity index (χ1n) is 6.63. The molecule has 0 unspecified atom stereocenters. The third kappa shape index (κ3) is 3.41. The van der Waals surface area contributed by atoms with Gasteiger partial charge in [-0.2, -0.15) is 4.31 Å². The molecule has 1 aliphatic rings. The highest BCUT2D eigenvalue weighted by molar-refractivity contribution is 8.00. The smallest absolute Gasteiger partial charge is 0.320 e. The van der Waals surface area contributed by atoms with Crippen LogP contribution in [0, 0.1) is 13.8 Å². The zero-order chi connectivity index (χ0) is 15.6. The molecule has 2 rings (SSSR count). The number of sulfonamides is 1. The molecule has 1 saturated heterocycles. The maximum atomic E-state index is 12.7. The van der Waals surface area contributed by atoms with Crippen LogP contribution in [0.3, 0.4) is 0 Å². The number of carbonyl (C=O) groups is 1. The van der Waals surface area contributed by atoms with Gasteiger partial charge in [-0.15, -0.1) is 11.8 Å². The number of aryl methyl sites for hydroxylation is 2. The second kappa shape index (κ2) is 6.37. The highest BCUT2D eigenvalue weighted by Crippen LogP contribution is 2.26. The molecule has 7 heteroatoms. The molecule has 0 amide bonds. The summed E-state index contributed by atoms with van der Waals surface area (Å²) in [5.74, 6) is 0.212. The van der Waals surface area contributed by atoms with Gasteiger partial charge in [0.05, 0.1) is 12.0 Å². The second-order valence-electron chi connectivity index (χ2n) is 4.99. The van der Waals surface area contributed by atoms with Crippen molar-refractivity contribution in [3.05, 3.63) is 29.3 Å². The van der Waals surface area contributed by atoms with Crippen LogP contribution in [-0.2, 0) is 19.6 Å². The highest BCUT2D eigenvalue weighted by atomic mass is 32.2. The van der Waals surface area contributed by atoms with Crippen molar-refractivity contribution >= 4 is 27.8 Å². The summed E-state index contributed by atoms with van der Waals surface area (Å²) in [6.07, 6.45) is 0. The van der Waals surface area contributed by atoms with E-state index in [-0.39, 0.29) is 17.4 Å². The van der Waals surface area contributed by atoms with E-state index in [2.05, 4.69) is 0 Å². The molecule has 0 bridgehead atoms. The summed E-state index contributed by atoms with van der Waals surface area (Å²) < 4.78 is 31.4. The lowest BCUT2D eigenvalue weighted by molar-refractivity contribution is -0.140. The van der Waals surface area contributed by atoms with Gasteiger partial charge in [-0.3, -0.25) is 4.79 Å². The molecule has 5 nitrogen and oxygen atoms in total. The summed E-state index contributed by atoms with van der Waals surface area (Å²) >= 11 is 1.44. The Morgan fingerprint density at radius 1 is 1.33 bits per heavy atom. The van der Waals surface area contributed by atoms with Crippen LogP contribution in [-0.4, -0.2) is 49.9 Å². The molecule has 1 aromatic carbocycles.